The van der Waals surface area contributed by atoms with Crippen molar-refractivity contribution in [3.63, 3.8) is 0 Å². The molecular formula is C16H26N2O5. The van der Waals surface area contributed by atoms with E-state index in [1.807, 2.05) is 0 Å². The van der Waals surface area contributed by atoms with Crippen molar-refractivity contribution in [3.05, 3.63) is 0 Å². The van der Waals surface area contributed by atoms with Crippen molar-refractivity contribution >= 4 is 18.0 Å². The highest BCUT2D eigenvalue weighted by molar-refractivity contribution is 5.85. The van der Waals surface area contributed by atoms with Gasteiger partial charge in [-0.1, -0.05) is 0 Å². The zero-order chi connectivity index (χ0) is 17.0. The molecule has 1 atom stereocenters. The van der Waals surface area contributed by atoms with Crippen molar-refractivity contribution in [2.24, 2.45) is 5.92 Å². The molecule has 2 saturated heterocycles. The lowest BCUT2D eigenvalue weighted by atomic mass is 9.96. The van der Waals surface area contributed by atoms with Gasteiger partial charge in [0.1, 0.15) is 5.60 Å². The van der Waals surface area contributed by atoms with E-state index >= 15 is 0 Å². The molecule has 7 nitrogen and oxygen atoms in total. The molecule has 1 unspecified atom stereocenters. The molecule has 2 rings (SSSR count). The Bertz CT molecular complexity index is 458. The number of hydrogen-bond acceptors (Lipinski definition) is 6. The van der Waals surface area contributed by atoms with E-state index in [0.29, 0.717) is 25.9 Å². The summed E-state index contributed by atoms with van der Waals surface area (Å²) in [6, 6.07) is -0.0831. The number of carbonyl (C=O) groups excluding carboxylic acids is 3. The van der Waals surface area contributed by atoms with Crippen molar-refractivity contribution in [1.82, 2.24) is 10.2 Å². The fourth-order valence-corrected chi connectivity index (χ4v) is 2.89. The number of amides is 1. The minimum absolute atomic E-state index is 0.0831. The first kappa shape index (κ1) is 17.7. The molecular weight excluding hydrogens is 300 g/mol. The standard InChI is InChI=1S/C16H26N2O5/c1-16(2,3)23-15(21)22-14(20)11-6-9-18(10-7-11)13(19)12-5-4-8-17-12/h11-12,17H,4-10H2,1-3H3. The van der Waals surface area contributed by atoms with Crippen molar-refractivity contribution in [2.75, 3.05) is 19.6 Å². The van der Waals surface area contributed by atoms with E-state index in [1.54, 1.807) is 25.7 Å². The number of hydrogen-bond donors (Lipinski definition) is 1. The fourth-order valence-electron chi connectivity index (χ4n) is 2.89. The second kappa shape index (κ2) is 7.29. The number of nitrogens with one attached hydrogen (secondary N) is 1. The van der Waals surface area contributed by atoms with Gasteiger partial charge in [0.15, 0.2) is 0 Å². The predicted molar refractivity (Wildman–Crippen MR) is 82.7 cm³/mol. The van der Waals surface area contributed by atoms with E-state index in [1.165, 1.54) is 0 Å². The highest BCUT2D eigenvalue weighted by Gasteiger charge is 2.33. The number of nitrogens with zero attached hydrogens (tertiary/aromatic N) is 1. The molecule has 0 saturated carbocycles. The molecule has 0 aromatic carbocycles. The van der Waals surface area contributed by atoms with Crippen LogP contribution in [0.3, 0.4) is 0 Å². The largest absolute Gasteiger partial charge is 0.516 e. The zero-order valence-electron chi connectivity index (χ0n) is 14.1. The Labute approximate surface area is 136 Å². The smallest absolute Gasteiger partial charge is 0.428 e. The predicted octanol–water partition coefficient (Wildman–Crippen LogP) is 1.46. The van der Waals surface area contributed by atoms with Gasteiger partial charge in [-0.3, -0.25) is 9.59 Å². The van der Waals surface area contributed by atoms with E-state index in [2.05, 4.69) is 5.32 Å². The van der Waals surface area contributed by atoms with Crippen LogP contribution in [-0.4, -0.2) is 54.2 Å². The Hall–Kier alpha value is -1.63. The Morgan fingerprint density at radius 2 is 1.74 bits per heavy atom. The maximum absolute atomic E-state index is 12.3. The number of ether oxygens (including phenoxy) is 2. The average Bonchev–Trinajstić information content (AvgIpc) is 2.98. The molecule has 0 radical (unpaired) electrons. The molecule has 2 fully saturated rings. The lowest BCUT2D eigenvalue weighted by Crippen LogP contribution is -2.48. The van der Waals surface area contributed by atoms with Crippen LogP contribution in [0.5, 0.6) is 0 Å². The molecule has 23 heavy (non-hydrogen) atoms. The van der Waals surface area contributed by atoms with Gasteiger partial charge in [0, 0.05) is 13.1 Å². The second-order valence-corrected chi connectivity index (χ2v) is 7.13. The van der Waals surface area contributed by atoms with Crippen LogP contribution >= 0.6 is 0 Å². The summed E-state index contributed by atoms with van der Waals surface area (Å²) in [6.45, 7) is 7.05. The van der Waals surface area contributed by atoms with E-state index in [9.17, 15) is 14.4 Å². The van der Waals surface area contributed by atoms with Gasteiger partial charge in [-0.05, 0) is 53.0 Å². The Balaban J connectivity index is 1.76. The summed E-state index contributed by atoms with van der Waals surface area (Å²) in [5.41, 5.74) is -0.693. The summed E-state index contributed by atoms with van der Waals surface area (Å²) in [5.74, 6) is -0.810. The van der Waals surface area contributed by atoms with Crippen molar-refractivity contribution in [2.45, 2.75) is 58.1 Å². The summed E-state index contributed by atoms with van der Waals surface area (Å²) >= 11 is 0. The van der Waals surface area contributed by atoms with Crippen LogP contribution in [0, 0.1) is 5.92 Å². The summed E-state index contributed by atoms with van der Waals surface area (Å²) in [4.78, 5) is 37.6. The highest BCUT2D eigenvalue weighted by atomic mass is 16.7. The van der Waals surface area contributed by atoms with Gasteiger partial charge in [0.2, 0.25) is 5.91 Å². The van der Waals surface area contributed by atoms with Gasteiger partial charge in [-0.25, -0.2) is 4.79 Å². The molecule has 0 aromatic heterocycles. The molecule has 2 aliphatic heterocycles. The molecule has 1 amide bonds. The van der Waals surface area contributed by atoms with E-state index < -0.39 is 17.7 Å². The van der Waals surface area contributed by atoms with E-state index in [4.69, 9.17) is 9.47 Å². The minimum Gasteiger partial charge on any atom is -0.428 e. The second-order valence-electron chi connectivity index (χ2n) is 7.13. The Kier molecular flexibility index (Phi) is 5.62. The van der Waals surface area contributed by atoms with Crippen LogP contribution < -0.4 is 5.32 Å². The molecule has 1 N–H and O–H groups in total. The van der Waals surface area contributed by atoms with Gasteiger partial charge in [0.05, 0.1) is 12.0 Å². The van der Waals surface area contributed by atoms with Crippen LogP contribution in [-0.2, 0) is 19.1 Å². The van der Waals surface area contributed by atoms with Crippen LogP contribution in [0.2, 0.25) is 0 Å². The average molecular weight is 326 g/mol. The molecule has 0 aromatic rings. The molecule has 0 bridgehead atoms. The molecule has 130 valence electrons. The van der Waals surface area contributed by atoms with Crippen molar-refractivity contribution < 1.29 is 23.9 Å². The van der Waals surface area contributed by atoms with Gasteiger partial charge >= 0.3 is 12.1 Å². The van der Waals surface area contributed by atoms with Crippen LogP contribution in [0.1, 0.15) is 46.5 Å². The van der Waals surface area contributed by atoms with Gasteiger partial charge in [0.25, 0.3) is 0 Å². The van der Waals surface area contributed by atoms with Gasteiger partial charge < -0.3 is 19.7 Å². The van der Waals surface area contributed by atoms with E-state index in [0.717, 1.165) is 19.4 Å². The van der Waals surface area contributed by atoms with Gasteiger partial charge in [-0.15, -0.1) is 0 Å². The molecule has 2 heterocycles. The molecule has 0 aliphatic carbocycles. The lowest BCUT2D eigenvalue weighted by molar-refractivity contribution is -0.149. The lowest BCUT2D eigenvalue weighted by Gasteiger charge is -2.32. The number of carbonyl (C=O) groups is 3. The van der Waals surface area contributed by atoms with Crippen molar-refractivity contribution in [1.29, 1.82) is 0 Å². The molecule has 2 aliphatic rings. The first-order chi connectivity index (χ1) is 10.8. The maximum Gasteiger partial charge on any atom is 0.516 e. The highest BCUT2D eigenvalue weighted by Crippen LogP contribution is 2.21. The maximum atomic E-state index is 12.3. The summed E-state index contributed by atoms with van der Waals surface area (Å²) in [7, 11) is 0. The van der Waals surface area contributed by atoms with Crippen LogP contribution in [0.25, 0.3) is 0 Å². The fraction of sp³-hybridized carbons (Fsp3) is 0.812. The summed E-state index contributed by atoms with van der Waals surface area (Å²) in [6.07, 6.45) is 1.96. The summed E-state index contributed by atoms with van der Waals surface area (Å²) < 4.78 is 9.72. The van der Waals surface area contributed by atoms with E-state index in [-0.39, 0.29) is 17.9 Å². The topological polar surface area (TPSA) is 84.9 Å². The van der Waals surface area contributed by atoms with Crippen molar-refractivity contribution in [3.8, 4) is 0 Å². The zero-order valence-corrected chi connectivity index (χ0v) is 14.1. The summed E-state index contributed by atoms with van der Waals surface area (Å²) in [5, 5.41) is 3.19. The molecule has 0 spiro atoms. The normalized spacial score (nSPS) is 22.7. The number of esters is 1. The first-order valence-electron chi connectivity index (χ1n) is 8.23. The monoisotopic (exact) mass is 326 g/mol. The molecule has 7 heteroatoms. The quantitative estimate of drug-likeness (QED) is 0.611. The number of likely N-dealkylation sites (tertiary alicyclic amines) is 1. The third-order valence-electron chi connectivity index (χ3n) is 4.07. The third-order valence-corrected chi connectivity index (χ3v) is 4.07. The SMILES string of the molecule is CC(C)(C)OC(=O)OC(=O)C1CCN(C(=O)C2CCCN2)CC1. The Morgan fingerprint density at radius 3 is 2.26 bits per heavy atom. The Morgan fingerprint density at radius 1 is 1.09 bits per heavy atom. The van der Waals surface area contributed by atoms with Gasteiger partial charge in [-0.2, -0.15) is 0 Å². The van der Waals surface area contributed by atoms with Crippen LogP contribution in [0.4, 0.5) is 4.79 Å². The number of piperidine rings is 1. The van der Waals surface area contributed by atoms with Crippen LogP contribution in [0.15, 0.2) is 0 Å². The first-order valence-corrected chi connectivity index (χ1v) is 8.23. The minimum atomic E-state index is -0.962. The third kappa shape index (κ3) is 5.20. The number of rotatable bonds is 2.